The Balaban J connectivity index is 0.00000196. The topological polar surface area (TPSA) is 46.2 Å². The van der Waals surface area contributed by atoms with E-state index < -0.39 is 0 Å². The molecule has 0 saturated heterocycles. The molecule has 1 aromatic rings. The largest absolute Gasteiger partial charge is 0.508 e. The molecule has 15 heavy (non-hydrogen) atoms. The van der Waals surface area contributed by atoms with Crippen LogP contribution in [0.4, 0.5) is 0 Å². The first-order chi connectivity index (χ1) is 6.50. The zero-order valence-corrected chi connectivity index (χ0v) is 10.5. The Kier molecular flexibility index (Phi) is 6.03. The summed E-state index contributed by atoms with van der Waals surface area (Å²) in [7, 11) is 0. The fraction of sp³-hybridized carbons (Fsp3) is 0.455. The van der Waals surface area contributed by atoms with E-state index in [-0.39, 0.29) is 24.2 Å². The van der Waals surface area contributed by atoms with Gasteiger partial charge in [-0.05, 0) is 30.5 Å². The molecule has 0 radical (unpaired) electrons. The Bertz CT molecular complexity index is 315. The van der Waals surface area contributed by atoms with Gasteiger partial charge in [0.2, 0.25) is 0 Å². The molecule has 0 amide bonds. The summed E-state index contributed by atoms with van der Waals surface area (Å²) >= 11 is 5.83. The normalized spacial score (nSPS) is 12.3. The first-order valence-electron chi connectivity index (χ1n) is 4.74. The van der Waals surface area contributed by atoms with E-state index >= 15 is 0 Å². The Morgan fingerprint density at radius 1 is 1.40 bits per heavy atom. The van der Waals surface area contributed by atoms with Crippen molar-refractivity contribution in [3.63, 3.8) is 0 Å². The fourth-order valence-corrected chi connectivity index (χ4v) is 1.64. The van der Waals surface area contributed by atoms with E-state index in [1.807, 2.05) is 0 Å². The summed E-state index contributed by atoms with van der Waals surface area (Å²) in [5.41, 5.74) is 6.67. The Morgan fingerprint density at radius 2 is 2.00 bits per heavy atom. The zero-order valence-electron chi connectivity index (χ0n) is 8.90. The molecule has 0 spiro atoms. The Morgan fingerprint density at radius 3 is 2.53 bits per heavy atom. The van der Waals surface area contributed by atoms with Crippen LogP contribution in [-0.2, 0) is 0 Å². The quantitative estimate of drug-likeness (QED) is 0.862. The van der Waals surface area contributed by atoms with Crippen molar-refractivity contribution in [3.8, 4) is 5.75 Å². The molecule has 86 valence electrons. The van der Waals surface area contributed by atoms with E-state index in [9.17, 15) is 5.11 Å². The third-order valence-corrected chi connectivity index (χ3v) is 2.35. The maximum absolute atomic E-state index is 9.58. The van der Waals surface area contributed by atoms with Gasteiger partial charge in [0.25, 0.3) is 0 Å². The maximum atomic E-state index is 9.58. The number of phenols is 1. The number of phenolic OH excluding ortho intramolecular Hbond substituents is 1. The van der Waals surface area contributed by atoms with Gasteiger partial charge in [-0.3, -0.25) is 0 Å². The van der Waals surface area contributed by atoms with Crippen LogP contribution in [0.3, 0.4) is 0 Å². The van der Waals surface area contributed by atoms with Crippen LogP contribution in [0.1, 0.15) is 31.9 Å². The molecule has 4 heteroatoms. The number of hydrogen-bond acceptors (Lipinski definition) is 2. The summed E-state index contributed by atoms with van der Waals surface area (Å²) in [5.74, 6) is 0.728. The highest BCUT2D eigenvalue weighted by molar-refractivity contribution is 6.30. The summed E-state index contributed by atoms with van der Waals surface area (Å²) in [4.78, 5) is 0. The van der Waals surface area contributed by atoms with E-state index in [2.05, 4.69) is 13.8 Å². The van der Waals surface area contributed by atoms with Crippen LogP contribution >= 0.6 is 24.0 Å². The summed E-state index contributed by atoms with van der Waals surface area (Å²) < 4.78 is 0. The van der Waals surface area contributed by atoms with Gasteiger partial charge in [0.05, 0.1) is 0 Å². The molecule has 0 saturated carbocycles. The van der Waals surface area contributed by atoms with Gasteiger partial charge < -0.3 is 10.8 Å². The smallest absolute Gasteiger partial charge is 0.120 e. The highest BCUT2D eigenvalue weighted by Crippen LogP contribution is 2.29. The zero-order chi connectivity index (χ0) is 10.7. The number of benzene rings is 1. The van der Waals surface area contributed by atoms with E-state index in [0.29, 0.717) is 10.9 Å². The molecule has 0 aliphatic carbocycles. The van der Waals surface area contributed by atoms with Crippen LogP contribution in [0, 0.1) is 5.92 Å². The minimum Gasteiger partial charge on any atom is -0.508 e. The van der Waals surface area contributed by atoms with Gasteiger partial charge in [0.15, 0.2) is 0 Å². The van der Waals surface area contributed by atoms with Crippen molar-refractivity contribution < 1.29 is 5.11 Å². The van der Waals surface area contributed by atoms with Gasteiger partial charge >= 0.3 is 0 Å². The summed E-state index contributed by atoms with van der Waals surface area (Å²) in [5, 5.41) is 10.2. The second-order valence-corrected chi connectivity index (χ2v) is 4.38. The van der Waals surface area contributed by atoms with E-state index in [0.717, 1.165) is 12.0 Å². The molecule has 1 aromatic carbocycles. The highest BCUT2D eigenvalue weighted by atomic mass is 35.5. The van der Waals surface area contributed by atoms with Crippen LogP contribution in [0.2, 0.25) is 5.02 Å². The van der Waals surface area contributed by atoms with Crippen molar-refractivity contribution in [2.24, 2.45) is 11.7 Å². The average molecular weight is 250 g/mol. The molecule has 0 aromatic heterocycles. The number of aromatic hydroxyl groups is 1. The van der Waals surface area contributed by atoms with Gasteiger partial charge in [0.1, 0.15) is 5.75 Å². The van der Waals surface area contributed by atoms with Crippen molar-refractivity contribution >= 4 is 24.0 Å². The Labute approximate surface area is 102 Å². The van der Waals surface area contributed by atoms with Crippen LogP contribution in [0.5, 0.6) is 5.75 Å². The third kappa shape index (κ3) is 4.29. The molecule has 0 aliphatic heterocycles. The van der Waals surface area contributed by atoms with E-state index in [1.54, 1.807) is 18.2 Å². The van der Waals surface area contributed by atoms with Crippen LogP contribution < -0.4 is 5.73 Å². The van der Waals surface area contributed by atoms with Crippen LogP contribution in [-0.4, -0.2) is 5.11 Å². The SMILES string of the molecule is CC(C)C[C@@H](N)c1cc(Cl)ccc1O.Cl. The van der Waals surface area contributed by atoms with Crippen LogP contribution in [0.15, 0.2) is 18.2 Å². The first-order valence-corrected chi connectivity index (χ1v) is 5.12. The van der Waals surface area contributed by atoms with E-state index in [1.165, 1.54) is 0 Å². The van der Waals surface area contributed by atoms with Gasteiger partial charge in [-0.15, -0.1) is 12.4 Å². The van der Waals surface area contributed by atoms with Gasteiger partial charge in [-0.1, -0.05) is 25.4 Å². The molecule has 1 atom stereocenters. The maximum Gasteiger partial charge on any atom is 0.120 e. The molecular weight excluding hydrogens is 233 g/mol. The molecule has 0 unspecified atom stereocenters. The van der Waals surface area contributed by atoms with Gasteiger partial charge in [0, 0.05) is 16.6 Å². The van der Waals surface area contributed by atoms with Gasteiger partial charge in [-0.2, -0.15) is 0 Å². The number of hydrogen-bond donors (Lipinski definition) is 2. The molecule has 3 N–H and O–H groups in total. The minimum absolute atomic E-state index is 0. The predicted octanol–water partition coefficient (Wildman–Crippen LogP) is 3.51. The molecule has 2 nitrogen and oxygen atoms in total. The van der Waals surface area contributed by atoms with Crippen molar-refractivity contribution in [1.82, 2.24) is 0 Å². The number of nitrogens with two attached hydrogens (primary N) is 1. The molecule has 0 bridgehead atoms. The lowest BCUT2D eigenvalue weighted by atomic mass is 9.97. The number of rotatable bonds is 3. The standard InChI is InChI=1S/C11H16ClNO.ClH/c1-7(2)5-10(13)9-6-8(12)3-4-11(9)14;/h3-4,6-7,10,14H,5,13H2,1-2H3;1H/t10-;/m1./s1. The summed E-state index contributed by atoms with van der Waals surface area (Å²) in [6.07, 6.45) is 0.841. The van der Waals surface area contributed by atoms with Crippen molar-refractivity contribution in [2.45, 2.75) is 26.3 Å². The van der Waals surface area contributed by atoms with Crippen molar-refractivity contribution in [2.75, 3.05) is 0 Å². The lowest BCUT2D eigenvalue weighted by Crippen LogP contribution is -2.13. The first kappa shape index (κ1) is 14.6. The predicted molar refractivity (Wildman–Crippen MR) is 66.7 cm³/mol. The summed E-state index contributed by atoms with van der Waals surface area (Å²) in [6.45, 7) is 4.20. The monoisotopic (exact) mass is 249 g/mol. The molecule has 0 aliphatic rings. The lowest BCUT2D eigenvalue weighted by Gasteiger charge is -2.15. The second-order valence-electron chi connectivity index (χ2n) is 3.94. The molecule has 1 rings (SSSR count). The summed E-state index contributed by atoms with van der Waals surface area (Å²) in [6, 6.07) is 4.82. The fourth-order valence-electron chi connectivity index (χ4n) is 1.46. The Hall–Kier alpha value is -0.440. The van der Waals surface area contributed by atoms with Gasteiger partial charge in [-0.25, -0.2) is 0 Å². The molecular formula is C11H17Cl2NO. The number of halogens is 2. The minimum atomic E-state index is -0.145. The average Bonchev–Trinajstić information content (AvgIpc) is 2.08. The molecule has 0 heterocycles. The molecule has 0 fully saturated rings. The van der Waals surface area contributed by atoms with Crippen molar-refractivity contribution in [3.05, 3.63) is 28.8 Å². The third-order valence-electron chi connectivity index (χ3n) is 2.11. The van der Waals surface area contributed by atoms with Crippen molar-refractivity contribution in [1.29, 1.82) is 0 Å². The highest BCUT2D eigenvalue weighted by Gasteiger charge is 2.12. The van der Waals surface area contributed by atoms with E-state index in [4.69, 9.17) is 17.3 Å². The second kappa shape index (κ2) is 6.21. The lowest BCUT2D eigenvalue weighted by molar-refractivity contribution is 0.445. The van der Waals surface area contributed by atoms with Crippen LogP contribution in [0.25, 0.3) is 0 Å².